The summed E-state index contributed by atoms with van der Waals surface area (Å²) in [7, 11) is 0. The van der Waals surface area contributed by atoms with Crippen LogP contribution in [0.3, 0.4) is 0 Å². The Kier molecular flexibility index (Phi) is 4.02. The van der Waals surface area contributed by atoms with Crippen molar-refractivity contribution in [2.24, 2.45) is 10.7 Å². The average molecular weight is 231 g/mol. The predicted octanol–water partition coefficient (Wildman–Crippen LogP) is 2.30. The number of guanidine groups is 1. The van der Waals surface area contributed by atoms with Gasteiger partial charge in [0.2, 0.25) is 0 Å². The van der Waals surface area contributed by atoms with Gasteiger partial charge in [0, 0.05) is 13.1 Å². The normalized spacial score (nSPS) is 17.2. The first-order valence-electron chi connectivity index (χ1n) is 6.36. The van der Waals surface area contributed by atoms with Crippen LogP contribution in [0, 0.1) is 6.92 Å². The van der Waals surface area contributed by atoms with Crippen LogP contribution in [-0.4, -0.2) is 23.9 Å². The fraction of sp³-hybridized carbons (Fsp3) is 0.500. The SMILES string of the molecule is Cc1ccc(CN=C(N)N2CCCCC2)cc1. The Labute approximate surface area is 103 Å². The van der Waals surface area contributed by atoms with Crippen LogP contribution in [0.25, 0.3) is 0 Å². The third-order valence-corrected chi connectivity index (χ3v) is 3.22. The molecule has 1 aromatic rings. The van der Waals surface area contributed by atoms with Crippen LogP contribution >= 0.6 is 0 Å². The third kappa shape index (κ3) is 3.48. The molecule has 0 aliphatic carbocycles. The first-order valence-corrected chi connectivity index (χ1v) is 6.36. The molecule has 1 aliphatic heterocycles. The lowest BCUT2D eigenvalue weighted by Crippen LogP contribution is -2.40. The standard InChI is InChI=1S/C14H21N3/c1-12-5-7-13(8-6-12)11-16-14(15)17-9-3-2-4-10-17/h5-8H,2-4,9-11H2,1H3,(H2,15,16). The molecule has 0 unspecified atom stereocenters. The summed E-state index contributed by atoms with van der Waals surface area (Å²) in [6.07, 6.45) is 3.79. The molecular weight excluding hydrogens is 210 g/mol. The van der Waals surface area contributed by atoms with Crippen LogP contribution in [0.5, 0.6) is 0 Å². The van der Waals surface area contributed by atoms with E-state index in [-0.39, 0.29) is 0 Å². The summed E-state index contributed by atoms with van der Waals surface area (Å²) >= 11 is 0. The fourth-order valence-corrected chi connectivity index (χ4v) is 2.09. The van der Waals surface area contributed by atoms with Crippen LogP contribution in [0.4, 0.5) is 0 Å². The highest BCUT2D eigenvalue weighted by atomic mass is 15.2. The van der Waals surface area contributed by atoms with Crippen molar-refractivity contribution in [3.8, 4) is 0 Å². The van der Waals surface area contributed by atoms with E-state index in [9.17, 15) is 0 Å². The summed E-state index contributed by atoms with van der Waals surface area (Å²) in [5.41, 5.74) is 8.50. The van der Waals surface area contributed by atoms with Crippen molar-refractivity contribution in [3.63, 3.8) is 0 Å². The number of nitrogens with zero attached hydrogens (tertiary/aromatic N) is 2. The van der Waals surface area contributed by atoms with Crippen LogP contribution in [0.1, 0.15) is 30.4 Å². The Morgan fingerprint density at radius 2 is 1.82 bits per heavy atom. The highest BCUT2D eigenvalue weighted by Gasteiger charge is 2.11. The predicted molar refractivity (Wildman–Crippen MR) is 71.9 cm³/mol. The Morgan fingerprint density at radius 3 is 2.47 bits per heavy atom. The van der Waals surface area contributed by atoms with E-state index in [1.54, 1.807) is 0 Å². The van der Waals surface area contributed by atoms with Gasteiger partial charge in [-0.25, -0.2) is 4.99 Å². The summed E-state index contributed by atoms with van der Waals surface area (Å²) in [5.74, 6) is 0.699. The molecule has 1 aromatic carbocycles. The van der Waals surface area contributed by atoms with Gasteiger partial charge < -0.3 is 10.6 Å². The molecule has 0 spiro atoms. The highest BCUT2D eigenvalue weighted by molar-refractivity contribution is 5.78. The van der Waals surface area contributed by atoms with Gasteiger partial charge in [-0.3, -0.25) is 0 Å². The number of aryl methyl sites for hydroxylation is 1. The van der Waals surface area contributed by atoms with Gasteiger partial charge in [0.05, 0.1) is 6.54 Å². The first kappa shape index (κ1) is 12.0. The topological polar surface area (TPSA) is 41.6 Å². The van der Waals surface area contributed by atoms with E-state index in [0.29, 0.717) is 12.5 Å². The number of likely N-dealkylation sites (tertiary alicyclic amines) is 1. The summed E-state index contributed by atoms with van der Waals surface area (Å²) in [6, 6.07) is 8.45. The number of aliphatic imine (C=N–C) groups is 1. The molecule has 0 radical (unpaired) electrons. The number of rotatable bonds is 2. The summed E-state index contributed by atoms with van der Waals surface area (Å²) in [4.78, 5) is 6.66. The van der Waals surface area contributed by atoms with E-state index in [2.05, 4.69) is 41.1 Å². The molecule has 1 heterocycles. The molecule has 2 rings (SSSR count). The van der Waals surface area contributed by atoms with Gasteiger partial charge in [-0.1, -0.05) is 29.8 Å². The molecule has 1 saturated heterocycles. The molecule has 0 aromatic heterocycles. The number of benzene rings is 1. The van der Waals surface area contributed by atoms with E-state index < -0.39 is 0 Å². The second kappa shape index (κ2) is 5.71. The lowest BCUT2D eigenvalue weighted by Gasteiger charge is -2.27. The lowest BCUT2D eigenvalue weighted by atomic mass is 10.1. The van der Waals surface area contributed by atoms with Crippen molar-refractivity contribution >= 4 is 5.96 Å². The smallest absolute Gasteiger partial charge is 0.191 e. The van der Waals surface area contributed by atoms with Crippen LogP contribution in [-0.2, 0) is 6.54 Å². The van der Waals surface area contributed by atoms with E-state index in [0.717, 1.165) is 13.1 Å². The van der Waals surface area contributed by atoms with Gasteiger partial charge >= 0.3 is 0 Å². The maximum absolute atomic E-state index is 6.00. The molecule has 0 amide bonds. The third-order valence-electron chi connectivity index (χ3n) is 3.22. The molecule has 92 valence electrons. The van der Waals surface area contributed by atoms with Crippen molar-refractivity contribution in [3.05, 3.63) is 35.4 Å². The molecule has 0 bridgehead atoms. The summed E-state index contributed by atoms with van der Waals surface area (Å²) in [6.45, 7) is 4.89. The van der Waals surface area contributed by atoms with Gasteiger partial charge in [-0.2, -0.15) is 0 Å². The summed E-state index contributed by atoms with van der Waals surface area (Å²) in [5, 5.41) is 0. The Hall–Kier alpha value is -1.51. The second-order valence-electron chi connectivity index (χ2n) is 4.71. The fourth-order valence-electron chi connectivity index (χ4n) is 2.09. The molecule has 0 atom stereocenters. The molecule has 2 N–H and O–H groups in total. The minimum Gasteiger partial charge on any atom is -0.370 e. The van der Waals surface area contributed by atoms with Gasteiger partial charge in [-0.05, 0) is 31.7 Å². The minimum atomic E-state index is 0.683. The monoisotopic (exact) mass is 231 g/mol. The number of hydrogen-bond donors (Lipinski definition) is 1. The van der Waals surface area contributed by atoms with E-state index >= 15 is 0 Å². The van der Waals surface area contributed by atoms with Crippen LogP contribution in [0.15, 0.2) is 29.3 Å². The highest BCUT2D eigenvalue weighted by Crippen LogP contribution is 2.09. The zero-order chi connectivity index (χ0) is 12.1. The Balaban J connectivity index is 1.92. The van der Waals surface area contributed by atoms with Gasteiger partial charge in [0.15, 0.2) is 5.96 Å². The van der Waals surface area contributed by atoms with Crippen LogP contribution < -0.4 is 5.73 Å². The molecule has 1 fully saturated rings. The van der Waals surface area contributed by atoms with Crippen LogP contribution in [0.2, 0.25) is 0 Å². The molecular formula is C14H21N3. The van der Waals surface area contributed by atoms with Crippen molar-refractivity contribution in [1.82, 2.24) is 4.90 Å². The zero-order valence-electron chi connectivity index (χ0n) is 10.5. The van der Waals surface area contributed by atoms with Gasteiger partial charge in [0.1, 0.15) is 0 Å². The Bertz CT molecular complexity index is 375. The molecule has 3 heteroatoms. The number of hydrogen-bond acceptors (Lipinski definition) is 1. The van der Waals surface area contributed by atoms with Crippen molar-refractivity contribution in [1.29, 1.82) is 0 Å². The molecule has 3 nitrogen and oxygen atoms in total. The van der Waals surface area contributed by atoms with E-state index in [1.165, 1.54) is 30.4 Å². The lowest BCUT2D eigenvalue weighted by molar-refractivity contribution is 0.338. The number of nitrogens with two attached hydrogens (primary N) is 1. The maximum Gasteiger partial charge on any atom is 0.191 e. The van der Waals surface area contributed by atoms with Crippen molar-refractivity contribution in [2.75, 3.05) is 13.1 Å². The van der Waals surface area contributed by atoms with Crippen molar-refractivity contribution < 1.29 is 0 Å². The number of piperidine rings is 1. The average Bonchev–Trinajstić information content (AvgIpc) is 2.39. The minimum absolute atomic E-state index is 0.683. The van der Waals surface area contributed by atoms with E-state index in [4.69, 9.17) is 5.73 Å². The molecule has 1 aliphatic rings. The quantitative estimate of drug-likeness (QED) is 0.627. The first-order chi connectivity index (χ1) is 8.25. The maximum atomic E-state index is 6.00. The largest absolute Gasteiger partial charge is 0.370 e. The molecule has 0 saturated carbocycles. The summed E-state index contributed by atoms with van der Waals surface area (Å²) < 4.78 is 0. The van der Waals surface area contributed by atoms with Gasteiger partial charge in [0.25, 0.3) is 0 Å². The van der Waals surface area contributed by atoms with E-state index in [1.807, 2.05) is 0 Å². The van der Waals surface area contributed by atoms with Crippen molar-refractivity contribution in [2.45, 2.75) is 32.7 Å². The Morgan fingerprint density at radius 1 is 1.18 bits per heavy atom. The molecule has 17 heavy (non-hydrogen) atoms. The zero-order valence-corrected chi connectivity index (χ0v) is 10.5. The second-order valence-corrected chi connectivity index (χ2v) is 4.71. The van der Waals surface area contributed by atoms with Gasteiger partial charge in [-0.15, -0.1) is 0 Å².